The van der Waals surface area contributed by atoms with E-state index in [4.69, 9.17) is 14.2 Å². The van der Waals surface area contributed by atoms with E-state index in [2.05, 4.69) is 5.32 Å². The number of carbonyl (C=O) groups is 2. The summed E-state index contributed by atoms with van der Waals surface area (Å²) in [4.78, 5) is 24.5. The summed E-state index contributed by atoms with van der Waals surface area (Å²) in [6.07, 6.45) is -0.0147. The molecule has 0 bridgehead atoms. The van der Waals surface area contributed by atoms with Gasteiger partial charge in [-0.25, -0.2) is 0 Å². The van der Waals surface area contributed by atoms with Crippen LogP contribution in [-0.4, -0.2) is 44.7 Å². The van der Waals surface area contributed by atoms with E-state index in [1.165, 1.54) is 14.2 Å². The van der Waals surface area contributed by atoms with Crippen molar-refractivity contribution in [2.24, 2.45) is 0 Å². The Kier molecular flexibility index (Phi) is 7.54. The molecule has 0 spiro atoms. The summed E-state index contributed by atoms with van der Waals surface area (Å²) < 4.78 is 15.3. The maximum absolute atomic E-state index is 12.7. The molecule has 0 saturated heterocycles. The Labute approximate surface area is 137 Å². The summed E-state index contributed by atoms with van der Waals surface area (Å²) in [5.74, 6) is 0.424. The Hall–Kier alpha value is -2.08. The van der Waals surface area contributed by atoms with Crippen LogP contribution in [-0.2, 0) is 9.53 Å². The van der Waals surface area contributed by atoms with Gasteiger partial charge in [-0.05, 0) is 25.1 Å². The number of benzene rings is 1. The first-order valence-electron chi connectivity index (χ1n) is 7.60. The molecule has 1 rings (SSSR count). The molecule has 1 aromatic rings. The lowest BCUT2D eigenvalue weighted by molar-refractivity contribution is -0.143. The highest BCUT2D eigenvalue weighted by atomic mass is 16.5. The molecule has 0 aliphatic carbocycles. The largest absolute Gasteiger partial charge is 0.493 e. The van der Waals surface area contributed by atoms with Gasteiger partial charge in [0, 0.05) is 11.6 Å². The fraction of sp³-hybridized carbons (Fsp3) is 0.529. The number of nitrogens with one attached hydrogen (secondary N) is 1. The van der Waals surface area contributed by atoms with Gasteiger partial charge < -0.3 is 19.5 Å². The van der Waals surface area contributed by atoms with E-state index in [1.54, 1.807) is 25.1 Å². The van der Waals surface area contributed by atoms with Crippen molar-refractivity contribution in [1.29, 1.82) is 0 Å². The molecule has 0 aliphatic rings. The number of hydrogen-bond acceptors (Lipinski definition) is 6. The summed E-state index contributed by atoms with van der Waals surface area (Å²) in [6, 6.07) is 4.35. The number of hydrogen-bond donors (Lipinski definition) is 1. The Bertz CT molecular complexity index is 542. The summed E-state index contributed by atoms with van der Waals surface area (Å²) >= 11 is 0. The predicted molar refractivity (Wildman–Crippen MR) is 87.2 cm³/mol. The average Bonchev–Trinajstić information content (AvgIpc) is 2.52. The van der Waals surface area contributed by atoms with Gasteiger partial charge in [-0.1, -0.05) is 13.8 Å². The third-order valence-electron chi connectivity index (χ3n) is 3.20. The molecule has 0 saturated carbocycles. The number of esters is 1. The monoisotopic (exact) mass is 323 g/mol. The first-order valence-corrected chi connectivity index (χ1v) is 7.60. The lowest BCUT2D eigenvalue weighted by Crippen LogP contribution is -2.42. The third kappa shape index (κ3) is 5.56. The molecule has 23 heavy (non-hydrogen) atoms. The van der Waals surface area contributed by atoms with Gasteiger partial charge in [0.15, 0.2) is 17.3 Å². The van der Waals surface area contributed by atoms with Crippen molar-refractivity contribution in [3.8, 4) is 11.5 Å². The summed E-state index contributed by atoms with van der Waals surface area (Å²) in [6.45, 7) is 5.86. The number of ether oxygens (including phenoxy) is 3. The minimum absolute atomic E-state index is 0.0147. The van der Waals surface area contributed by atoms with Gasteiger partial charge in [-0.2, -0.15) is 0 Å². The van der Waals surface area contributed by atoms with Crippen molar-refractivity contribution in [3.63, 3.8) is 0 Å². The van der Waals surface area contributed by atoms with Crippen LogP contribution in [0.15, 0.2) is 18.2 Å². The van der Waals surface area contributed by atoms with E-state index in [0.717, 1.165) is 0 Å². The highest BCUT2D eigenvalue weighted by Gasteiger charge is 2.25. The molecule has 6 heteroatoms. The Morgan fingerprint density at radius 2 is 1.78 bits per heavy atom. The van der Waals surface area contributed by atoms with E-state index in [1.807, 2.05) is 13.8 Å². The first kappa shape index (κ1) is 19.0. The predicted octanol–water partition coefficient (Wildman–Crippen LogP) is 2.21. The molecule has 0 heterocycles. The summed E-state index contributed by atoms with van der Waals surface area (Å²) in [7, 11) is 3.04. The molecule has 0 radical (unpaired) electrons. The Balaban J connectivity index is 3.01. The summed E-state index contributed by atoms with van der Waals surface area (Å²) in [5, 5.41) is 3.11. The zero-order chi connectivity index (χ0) is 17.4. The molecule has 0 aromatic heterocycles. The van der Waals surface area contributed by atoms with Crippen LogP contribution in [0.4, 0.5) is 0 Å². The van der Waals surface area contributed by atoms with Crippen molar-refractivity contribution in [3.05, 3.63) is 23.8 Å². The second-order valence-corrected chi connectivity index (χ2v) is 5.32. The van der Waals surface area contributed by atoms with Crippen LogP contribution in [0.5, 0.6) is 11.5 Å². The van der Waals surface area contributed by atoms with Crippen molar-refractivity contribution in [1.82, 2.24) is 5.32 Å². The number of ketones is 1. The van der Waals surface area contributed by atoms with E-state index < -0.39 is 12.0 Å². The average molecular weight is 323 g/mol. The van der Waals surface area contributed by atoms with Gasteiger partial charge in [-0.3, -0.25) is 9.59 Å². The van der Waals surface area contributed by atoms with E-state index in [-0.39, 0.29) is 24.9 Å². The molecule has 1 aromatic carbocycles. The maximum Gasteiger partial charge on any atom is 0.307 e. The Morgan fingerprint density at radius 3 is 2.30 bits per heavy atom. The third-order valence-corrected chi connectivity index (χ3v) is 3.20. The minimum Gasteiger partial charge on any atom is -0.493 e. The van der Waals surface area contributed by atoms with Crippen LogP contribution in [0.3, 0.4) is 0 Å². The standard InChI is InChI=1S/C17H25NO5/c1-6-23-16(19)10-13(18-11(2)3)17(20)12-7-8-14(21-4)15(9-12)22-5/h7-9,11,13,18H,6,10H2,1-5H3. The Morgan fingerprint density at radius 1 is 1.13 bits per heavy atom. The van der Waals surface area contributed by atoms with Gasteiger partial charge in [0.2, 0.25) is 0 Å². The number of rotatable bonds is 9. The molecular formula is C17H25NO5. The molecule has 1 unspecified atom stereocenters. The SMILES string of the molecule is CCOC(=O)CC(NC(C)C)C(=O)c1ccc(OC)c(OC)c1. The van der Waals surface area contributed by atoms with Gasteiger partial charge >= 0.3 is 5.97 Å². The molecule has 0 fully saturated rings. The van der Waals surface area contributed by atoms with E-state index in [9.17, 15) is 9.59 Å². The highest BCUT2D eigenvalue weighted by molar-refractivity contribution is 6.02. The highest BCUT2D eigenvalue weighted by Crippen LogP contribution is 2.28. The van der Waals surface area contributed by atoms with Crippen molar-refractivity contribution in [2.75, 3.05) is 20.8 Å². The van der Waals surface area contributed by atoms with Gasteiger partial charge in [0.05, 0.1) is 33.3 Å². The topological polar surface area (TPSA) is 73.9 Å². The second-order valence-electron chi connectivity index (χ2n) is 5.32. The van der Waals surface area contributed by atoms with Crippen LogP contribution < -0.4 is 14.8 Å². The molecule has 1 N–H and O–H groups in total. The fourth-order valence-electron chi connectivity index (χ4n) is 2.21. The molecule has 0 amide bonds. The molecule has 1 atom stereocenters. The van der Waals surface area contributed by atoms with Crippen LogP contribution in [0, 0.1) is 0 Å². The molecule has 0 aliphatic heterocycles. The smallest absolute Gasteiger partial charge is 0.307 e. The van der Waals surface area contributed by atoms with Crippen molar-refractivity contribution >= 4 is 11.8 Å². The minimum atomic E-state index is -0.646. The molecule has 128 valence electrons. The lowest BCUT2D eigenvalue weighted by Gasteiger charge is -2.20. The van der Waals surface area contributed by atoms with Crippen LogP contribution in [0.25, 0.3) is 0 Å². The van der Waals surface area contributed by atoms with Crippen molar-refractivity contribution in [2.45, 2.75) is 39.3 Å². The van der Waals surface area contributed by atoms with Crippen LogP contribution in [0.2, 0.25) is 0 Å². The normalized spacial score (nSPS) is 11.9. The van der Waals surface area contributed by atoms with Gasteiger partial charge in [-0.15, -0.1) is 0 Å². The zero-order valence-corrected chi connectivity index (χ0v) is 14.3. The number of carbonyl (C=O) groups excluding carboxylic acids is 2. The van der Waals surface area contributed by atoms with E-state index >= 15 is 0 Å². The van der Waals surface area contributed by atoms with Crippen LogP contribution in [0.1, 0.15) is 37.6 Å². The lowest BCUT2D eigenvalue weighted by atomic mass is 10.0. The zero-order valence-electron chi connectivity index (χ0n) is 14.3. The molecule has 6 nitrogen and oxygen atoms in total. The molecular weight excluding hydrogens is 298 g/mol. The van der Waals surface area contributed by atoms with E-state index in [0.29, 0.717) is 17.1 Å². The quantitative estimate of drug-likeness (QED) is 0.555. The second kappa shape index (κ2) is 9.15. The van der Waals surface area contributed by atoms with Gasteiger partial charge in [0.25, 0.3) is 0 Å². The number of Topliss-reactive ketones (excluding diaryl/α,β-unsaturated/α-hetero) is 1. The first-order chi connectivity index (χ1) is 10.9. The summed E-state index contributed by atoms with van der Waals surface area (Å²) in [5.41, 5.74) is 0.449. The van der Waals surface area contributed by atoms with Crippen molar-refractivity contribution < 1.29 is 23.8 Å². The number of methoxy groups -OCH3 is 2. The fourth-order valence-corrected chi connectivity index (χ4v) is 2.21. The maximum atomic E-state index is 12.7. The van der Waals surface area contributed by atoms with Gasteiger partial charge in [0.1, 0.15) is 0 Å². The van der Waals surface area contributed by atoms with Crippen LogP contribution >= 0.6 is 0 Å².